The second-order valence-corrected chi connectivity index (χ2v) is 8.36. The molecule has 0 spiro atoms. The number of guanidine groups is 1. The van der Waals surface area contributed by atoms with Crippen molar-refractivity contribution >= 4 is 41.5 Å². The summed E-state index contributed by atoms with van der Waals surface area (Å²) in [6.45, 7) is 5.11. The molecule has 0 aromatic heterocycles. The number of fused-ring (bicyclic) bond motifs is 1. The van der Waals surface area contributed by atoms with E-state index in [9.17, 15) is 4.79 Å². The molecule has 32 heavy (non-hydrogen) atoms. The Balaban J connectivity index is 0.00000289. The number of rotatable bonds is 6. The van der Waals surface area contributed by atoms with E-state index in [2.05, 4.69) is 50.9 Å². The molecular weight excluding hydrogens is 513 g/mol. The molecular formula is C25H34IN5O. The highest BCUT2D eigenvalue weighted by atomic mass is 127. The zero-order chi connectivity index (χ0) is 21.5. The number of hydrogen-bond donors (Lipinski definition) is 2. The average Bonchev–Trinajstić information content (AvgIpc) is 3.25. The first kappa shape index (κ1) is 24.5. The lowest BCUT2D eigenvalue weighted by Crippen LogP contribution is -2.44. The van der Waals surface area contributed by atoms with Crippen LogP contribution in [0.15, 0.2) is 53.5 Å². The summed E-state index contributed by atoms with van der Waals surface area (Å²) in [4.78, 5) is 21.3. The normalized spacial score (nSPS) is 16.3. The molecule has 2 aromatic carbocycles. The quantitative estimate of drug-likeness (QED) is 0.330. The highest BCUT2D eigenvalue weighted by molar-refractivity contribution is 14.0. The van der Waals surface area contributed by atoms with Crippen molar-refractivity contribution in [2.24, 2.45) is 4.99 Å². The molecule has 2 aliphatic rings. The van der Waals surface area contributed by atoms with Crippen LogP contribution in [0, 0.1) is 0 Å². The first-order valence-corrected chi connectivity index (χ1v) is 11.4. The van der Waals surface area contributed by atoms with E-state index in [-0.39, 0.29) is 36.4 Å². The topological polar surface area (TPSA) is 60.0 Å². The number of nitrogens with zero attached hydrogens (tertiary/aromatic N) is 3. The van der Waals surface area contributed by atoms with Crippen molar-refractivity contribution < 1.29 is 4.79 Å². The van der Waals surface area contributed by atoms with Gasteiger partial charge in [0.2, 0.25) is 5.91 Å². The van der Waals surface area contributed by atoms with Crippen molar-refractivity contribution in [1.29, 1.82) is 0 Å². The number of nitrogens with one attached hydrogen (secondary N) is 2. The Morgan fingerprint density at radius 3 is 2.41 bits per heavy atom. The molecule has 4 rings (SSSR count). The number of amides is 1. The third-order valence-corrected chi connectivity index (χ3v) is 6.16. The van der Waals surface area contributed by atoms with Crippen LogP contribution in [0.2, 0.25) is 0 Å². The summed E-state index contributed by atoms with van der Waals surface area (Å²) in [5, 5.41) is 6.46. The maximum atomic E-state index is 12.7. The monoisotopic (exact) mass is 547 g/mol. The predicted molar refractivity (Wildman–Crippen MR) is 142 cm³/mol. The zero-order valence-corrected chi connectivity index (χ0v) is 21.2. The summed E-state index contributed by atoms with van der Waals surface area (Å²) in [6.07, 6.45) is 4.93. The third kappa shape index (κ3) is 6.45. The van der Waals surface area contributed by atoms with Gasteiger partial charge in [-0.2, -0.15) is 0 Å². The summed E-state index contributed by atoms with van der Waals surface area (Å²) in [5.74, 6) is 0.702. The van der Waals surface area contributed by atoms with Crippen molar-refractivity contribution in [3.63, 3.8) is 0 Å². The predicted octanol–water partition coefficient (Wildman–Crippen LogP) is 3.54. The number of aliphatic imine (C=N–C) groups is 1. The molecule has 0 radical (unpaired) electrons. The number of hydrogen-bond acceptors (Lipinski definition) is 3. The molecule has 2 aliphatic heterocycles. The van der Waals surface area contributed by atoms with Crippen LogP contribution in [-0.4, -0.2) is 50.0 Å². The second-order valence-electron chi connectivity index (χ2n) is 8.36. The Bertz CT molecular complexity index is 909. The number of likely N-dealkylation sites (tertiary alicyclic amines) is 1. The Morgan fingerprint density at radius 1 is 0.938 bits per heavy atom. The van der Waals surface area contributed by atoms with E-state index in [4.69, 9.17) is 0 Å². The highest BCUT2D eigenvalue weighted by Gasteiger charge is 2.23. The summed E-state index contributed by atoms with van der Waals surface area (Å²) in [5.41, 5.74) is 4.83. The fourth-order valence-corrected chi connectivity index (χ4v) is 4.40. The van der Waals surface area contributed by atoms with E-state index in [1.165, 1.54) is 49.0 Å². The van der Waals surface area contributed by atoms with Crippen LogP contribution in [-0.2, 0) is 24.3 Å². The first-order chi connectivity index (χ1) is 15.2. The fraction of sp³-hybridized carbons (Fsp3) is 0.440. The van der Waals surface area contributed by atoms with Gasteiger partial charge >= 0.3 is 0 Å². The fourth-order valence-electron chi connectivity index (χ4n) is 4.40. The molecule has 1 amide bonds. The van der Waals surface area contributed by atoms with Crippen molar-refractivity contribution in [2.45, 2.75) is 38.8 Å². The van der Waals surface area contributed by atoms with Crippen LogP contribution >= 0.6 is 24.0 Å². The molecule has 6 nitrogen and oxygen atoms in total. The lowest BCUT2D eigenvalue weighted by molar-refractivity contribution is -0.117. The number of anilines is 1. The van der Waals surface area contributed by atoms with E-state index in [0.29, 0.717) is 12.5 Å². The molecule has 1 fully saturated rings. The molecule has 2 aromatic rings. The van der Waals surface area contributed by atoms with Gasteiger partial charge in [-0.05, 0) is 55.1 Å². The second kappa shape index (κ2) is 12.2. The minimum absolute atomic E-state index is 0. The smallest absolute Gasteiger partial charge is 0.246 e. The van der Waals surface area contributed by atoms with Crippen LogP contribution < -0.4 is 15.5 Å². The van der Waals surface area contributed by atoms with Gasteiger partial charge in [-0.15, -0.1) is 24.0 Å². The van der Waals surface area contributed by atoms with Gasteiger partial charge in [-0.1, -0.05) is 48.9 Å². The molecule has 0 aliphatic carbocycles. The lowest BCUT2D eigenvalue weighted by atomic mass is 10.1. The van der Waals surface area contributed by atoms with E-state index in [1.54, 1.807) is 7.05 Å². The number of halogens is 1. The van der Waals surface area contributed by atoms with Gasteiger partial charge in [-0.25, -0.2) is 0 Å². The number of carbonyl (C=O) groups excluding carboxylic acids is 1. The Labute approximate surface area is 208 Å². The maximum absolute atomic E-state index is 12.7. The molecule has 7 heteroatoms. The number of para-hydroxylation sites is 1. The minimum Gasteiger partial charge on any atom is -0.352 e. The van der Waals surface area contributed by atoms with Gasteiger partial charge in [0.1, 0.15) is 0 Å². The standard InChI is InChI=1S/C25H33N5O.HI/c1-26-25(28-18-24(31)30-16-13-22-7-3-4-8-23(22)30)27-17-20-9-11-21(12-10-20)19-29-14-5-2-6-15-29;/h3-4,7-12H,2,5-6,13-19H2,1H3,(H2,26,27,28);1H. The molecule has 0 bridgehead atoms. The number of carbonyl (C=O) groups is 1. The van der Waals surface area contributed by atoms with Crippen LogP contribution in [0.1, 0.15) is 36.0 Å². The van der Waals surface area contributed by atoms with Gasteiger partial charge in [0.25, 0.3) is 0 Å². The Morgan fingerprint density at radius 2 is 1.66 bits per heavy atom. The van der Waals surface area contributed by atoms with Crippen molar-refractivity contribution in [2.75, 3.05) is 38.1 Å². The van der Waals surface area contributed by atoms with Crippen LogP contribution in [0.4, 0.5) is 5.69 Å². The zero-order valence-electron chi connectivity index (χ0n) is 18.8. The van der Waals surface area contributed by atoms with Crippen molar-refractivity contribution in [3.05, 3.63) is 65.2 Å². The molecule has 1 saturated heterocycles. The summed E-state index contributed by atoms with van der Waals surface area (Å²) < 4.78 is 0. The number of benzene rings is 2. The van der Waals surface area contributed by atoms with Crippen LogP contribution in [0.3, 0.4) is 0 Å². The summed E-state index contributed by atoms with van der Waals surface area (Å²) >= 11 is 0. The molecule has 0 unspecified atom stereocenters. The minimum atomic E-state index is 0. The van der Waals surface area contributed by atoms with E-state index >= 15 is 0 Å². The van der Waals surface area contributed by atoms with E-state index < -0.39 is 0 Å². The Hall–Kier alpha value is -2.13. The van der Waals surface area contributed by atoms with Crippen molar-refractivity contribution in [3.8, 4) is 0 Å². The lowest BCUT2D eigenvalue weighted by Gasteiger charge is -2.26. The largest absolute Gasteiger partial charge is 0.352 e. The van der Waals surface area contributed by atoms with Crippen LogP contribution in [0.5, 0.6) is 0 Å². The molecule has 2 N–H and O–H groups in total. The first-order valence-electron chi connectivity index (χ1n) is 11.4. The SMILES string of the molecule is CN=C(NCC(=O)N1CCc2ccccc21)NCc1ccc(CN2CCCCC2)cc1.I. The molecule has 0 atom stereocenters. The van der Waals surface area contributed by atoms with Gasteiger partial charge in [0.05, 0.1) is 6.54 Å². The van der Waals surface area contributed by atoms with Gasteiger partial charge in [0.15, 0.2) is 5.96 Å². The highest BCUT2D eigenvalue weighted by Crippen LogP contribution is 2.27. The molecule has 172 valence electrons. The Kier molecular flexibility index (Phi) is 9.35. The molecule has 0 saturated carbocycles. The van der Waals surface area contributed by atoms with Gasteiger partial charge < -0.3 is 15.5 Å². The van der Waals surface area contributed by atoms with Gasteiger partial charge in [-0.3, -0.25) is 14.7 Å². The van der Waals surface area contributed by atoms with Gasteiger partial charge in [0, 0.05) is 32.4 Å². The van der Waals surface area contributed by atoms with E-state index in [1.807, 2.05) is 23.1 Å². The maximum Gasteiger partial charge on any atom is 0.246 e. The number of piperidine rings is 1. The van der Waals surface area contributed by atoms with Crippen LogP contribution in [0.25, 0.3) is 0 Å². The van der Waals surface area contributed by atoms with E-state index in [0.717, 1.165) is 25.2 Å². The molecule has 2 heterocycles. The average molecular weight is 547 g/mol. The summed E-state index contributed by atoms with van der Waals surface area (Å²) in [6, 6.07) is 16.9. The van der Waals surface area contributed by atoms with Crippen molar-refractivity contribution in [1.82, 2.24) is 15.5 Å². The third-order valence-electron chi connectivity index (χ3n) is 6.16. The summed E-state index contributed by atoms with van der Waals surface area (Å²) in [7, 11) is 1.73.